The highest BCUT2D eigenvalue weighted by Crippen LogP contribution is 2.50. The molecule has 0 amide bonds. The maximum Gasteiger partial charge on any atom is 0.0620 e. The maximum atomic E-state index is 2.54. The molecule has 312 valence electrons. The Kier molecular flexibility index (Phi) is 7.10. The number of hydrogen-bond acceptors (Lipinski definition) is 0. The molecule has 12 aromatic carbocycles. The molecule has 0 aliphatic heterocycles. The summed E-state index contributed by atoms with van der Waals surface area (Å²) in [5.41, 5.74) is 17.4. The molecule has 0 aliphatic rings. The quantitative estimate of drug-likeness (QED) is 0.156. The molecule has 0 spiro atoms. The van der Waals surface area contributed by atoms with Gasteiger partial charge in [-0.1, -0.05) is 200 Å². The van der Waals surface area contributed by atoms with Gasteiger partial charge in [-0.25, -0.2) is 0 Å². The van der Waals surface area contributed by atoms with Crippen molar-refractivity contribution in [3.8, 4) is 44.5 Å². The van der Waals surface area contributed by atoms with Gasteiger partial charge in [0.05, 0.1) is 33.1 Å². The third-order valence-electron chi connectivity index (χ3n) is 15.3. The fraction of sp³-hybridized carbons (Fsp3) is 0. The van der Waals surface area contributed by atoms with E-state index in [0.29, 0.717) is 0 Å². The van der Waals surface area contributed by atoms with Gasteiger partial charge in [0, 0.05) is 54.2 Å². The van der Waals surface area contributed by atoms with Crippen LogP contribution in [0.5, 0.6) is 0 Å². The van der Waals surface area contributed by atoms with Gasteiger partial charge in [-0.05, 0) is 96.0 Å². The van der Waals surface area contributed by atoms with Crippen molar-refractivity contribution in [1.82, 2.24) is 8.80 Å². The van der Waals surface area contributed by atoms with Crippen LogP contribution in [0.25, 0.3) is 153 Å². The Morgan fingerprint density at radius 3 is 1.15 bits per heavy atom. The average molecular weight is 859 g/mol. The van der Waals surface area contributed by atoms with Crippen LogP contribution in [-0.2, 0) is 0 Å². The van der Waals surface area contributed by atoms with E-state index in [0.717, 1.165) is 0 Å². The van der Waals surface area contributed by atoms with Gasteiger partial charge in [0.15, 0.2) is 0 Å². The van der Waals surface area contributed by atoms with Crippen LogP contribution >= 0.6 is 0 Å². The first-order valence-corrected chi connectivity index (χ1v) is 23.7. The minimum Gasteiger partial charge on any atom is -0.307 e. The van der Waals surface area contributed by atoms with Crippen molar-refractivity contribution < 1.29 is 0 Å². The normalized spacial score (nSPS) is 12.4. The van der Waals surface area contributed by atoms with Crippen LogP contribution in [0.3, 0.4) is 0 Å². The summed E-state index contributed by atoms with van der Waals surface area (Å²) < 4.78 is 5.08. The molecule has 4 aromatic heterocycles. The van der Waals surface area contributed by atoms with Crippen LogP contribution in [0.15, 0.2) is 231 Å². The second-order valence-electron chi connectivity index (χ2n) is 18.7. The third-order valence-corrected chi connectivity index (χ3v) is 15.3. The van der Waals surface area contributed by atoms with Crippen molar-refractivity contribution >= 4 is 109 Å². The number of aromatic nitrogens is 2. The van der Waals surface area contributed by atoms with E-state index < -0.39 is 0 Å². The van der Waals surface area contributed by atoms with Crippen molar-refractivity contribution in [2.45, 2.75) is 0 Å². The molecular weight excluding hydrogens is 821 g/mol. The minimum absolute atomic E-state index is 1.21. The van der Waals surface area contributed by atoms with E-state index in [2.05, 4.69) is 239 Å². The lowest BCUT2D eigenvalue weighted by molar-refractivity contribution is 1.37. The maximum absolute atomic E-state index is 2.54. The van der Waals surface area contributed by atoms with E-state index in [9.17, 15) is 0 Å². The van der Waals surface area contributed by atoms with Crippen LogP contribution in [0.1, 0.15) is 0 Å². The van der Waals surface area contributed by atoms with Gasteiger partial charge in [-0.3, -0.25) is 0 Å². The van der Waals surface area contributed by atoms with Crippen molar-refractivity contribution in [3.05, 3.63) is 231 Å². The van der Waals surface area contributed by atoms with Gasteiger partial charge in [0.2, 0.25) is 0 Å². The monoisotopic (exact) mass is 858 g/mol. The van der Waals surface area contributed by atoms with E-state index in [1.165, 1.54) is 153 Å². The highest BCUT2D eigenvalue weighted by Gasteiger charge is 2.24. The van der Waals surface area contributed by atoms with Crippen LogP contribution in [0, 0.1) is 0 Å². The summed E-state index contributed by atoms with van der Waals surface area (Å²) in [7, 11) is 0. The van der Waals surface area contributed by atoms with Crippen LogP contribution in [0.2, 0.25) is 0 Å². The highest BCUT2D eigenvalue weighted by molar-refractivity contribution is 6.29. The fourth-order valence-electron chi connectivity index (χ4n) is 12.6. The zero-order valence-electron chi connectivity index (χ0n) is 36.8. The van der Waals surface area contributed by atoms with E-state index in [4.69, 9.17) is 0 Å². The number of para-hydroxylation sites is 6. The molecule has 0 aliphatic carbocycles. The van der Waals surface area contributed by atoms with Crippen LogP contribution in [-0.4, -0.2) is 8.80 Å². The van der Waals surface area contributed by atoms with Gasteiger partial charge in [0.1, 0.15) is 0 Å². The van der Waals surface area contributed by atoms with Gasteiger partial charge in [0.25, 0.3) is 0 Å². The lowest BCUT2D eigenvalue weighted by Gasteiger charge is -2.19. The Morgan fingerprint density at radius 2 is 0.603 bits per heavy atom. The Labute approximate surface area is 390 Å². The SMILES string of the molecule is c1ccc(-c2cc(-c3c4cccc(-c5cccc6c7cccc8c9ccccc9n(c56)c87)c4cc4c(-c5cccc6c7cccc8c9ccccc9n(c56)c87)cccc34)cc3ccccc23)cc1. The van der Waals surface area contributed by atoms with E-state index >= 15 is 0 Å². The Balaban J connectivity index is 1.08. The van der Waals surface area contributed by atoms with Crippen molar-refractivity contribution in [3.63, 3.8) is 0 Å². The lowest BCUT2D eigenvalue weighted by atomic mass is 9.84. The summed E-state index contributed by atoms with van der Waals surface area (Å²) in [6.45, 7) is 0. The lowest BCUT2D eigenvalue weighted by Crippen LogP contribution is -1.93. The Bertz CT molecular complexity index is 4540. The molecule has 0 saturated heterocycles. The summed E-state index contributed by atoms with van der Waals surface area (Å²) in [6, 6.07) is 86.5. The second-order valence-corrected chi connectivity index (χ2v) is 18.7. The Morgan fingerprint density at radius 1 is 0.206 bits per heavy atom. The molecule has 0 N–H and O–H groups in total. The number of hydrogen-bond donors (Lipinski definition) is 0. The van der Waals surface area contributed by atoms with E-state index in [-0.39, 0.29) is 0 Å². The molecule has 0 radical (unpaired) electrons. The first-order chi connectivity index (χ1) is 33.8. The number of benzene rings is 12. The molecule has 2 heteroatoms. The molecule has 4 heterocycles. The largest absolute Gasteiger partial charge is 0.307 e. The van der Waals surface area contributed by atoms with Gasteiger partial charge < -0.3 is 8.80 Å². The van der Waals surface area contributed by atoms with Gasteiger partial charge in [-0.15, -0.1) is 0 Å². The van der Waals surface area contributed by atoms with Crippen LogP contribution < -0.4 is 0 Å². The summed E-state index contributed by atoms with van der Waals surface area (Å²) in [4.78, 5) is 0. The molecule has 68 heavy (non-hydrogen) atoms. The average Bonchev–Trinajstić information content (AvgIpc) is 4.14. The molecule has 2 nitrogen and oxygen atoms in total. The smallest absolute Gasteiger partial charge is 0.0620 e. The van der Waals surface area contributed by atoms with E-state index in [1.807, 2.05) is 0 Å². The number of nitrogens with zero attached hydrogens (tertiary/aromatic N) is 2. The summed E-state index contributed by atoms with van der Waals surface area (Å²) >= 11 is 0. The highest BCUT2D eigenvalue weighted by atomic mass is 14.9. The second kappa shape index (κ2) is 13.3. The molecular formula is C66H38N2. The number of rotatable bonds is 4. The van der Waals surface area contributed by atoms with Crippen LogP contribution in [0.4, 0.5) is 0 Å². The first kappa shape index (κ1) is 36.3. The van der Waals surface area contributed by atoms with Gasteiger partial charge >= 0.3 is 0 Å². The summed E-state index contributed by atoms with van der Waals surface area (Å²) in [5.74, 6) is 0. The summed E-state index contributed by atoms with van der Waals surface area (Å²) in [6.07, 6.45) is 0. The molecule has 0 fully saturated rings. The molecule has 0 atom stereocenters. The Hall–Kier alpha value is -8.98. The predicted octanol–water partition coefficient (Wildman–Crippen LogP) is 18.1. The predicted molar refractivity (Wildman–Crippen MR) is 290 cm³/mol. The molecule has 0 bridgehead atoms. The van der Waals surface area contributed by atoms with Gasteiger partial charge in [-0.2, -0.15) is 0 Å². The molecule has 0 saturated carbocycles. The third kappa shape index (κ3) is 4.66. The molecule has 16 aromatic rings. The minimum atomic E-state index is 1.21. The zero-order chi connectivity index (χ0) is 44.2. The standard InChI is InChI=1S/C66H38N2/c1-2-16-39(17-3-1)57-37-41(36-40-18-4-5-19-42(40)57)62-47-24-10-22-43(49-26-12-30-53-55-32-14-28-51-45-20-6-8-34-60(45)67(63(49)53)65(51)55)58(47)38-59-44(23-11-25-48(59)62)50-27-13-31-54-56-33-15-29-52-46-21-7-9-35-61(46)68(64(50)54)66(52)56/h1-38H. The fourth-order valence-corrected chi connectivity index (χ4v) is 12.6. The molecule has 16 rings (SSSR count). The number of fused-ring (bicyclic) bond motifs is 15. The first-order valence-electron chi connectivity index (χ1n) is 23.7. The summed E-state index contributed by atoms with van der Waals surface area (Å²) in [5, 5.41) is 17.7. The van der Waals surface area contributed by atoms with Crippen molar-refractivity contribution in [2.24, 2.45) is 0 Å². The molecule has 0 unspecified atom stereocenters. The van der Waals surface area contributed by atoms with Crippen molar-refractivity contribution in [1.29, 1.82) is 0 Å². The van der Waals surface area contributed by atoms with E-state index in [1.54, 1.807) is 0 Å². The van der Waals surface area contributed by atoms with Crippen molar-refractivity contribution in [2.75, 3.05) is 0 Å². The zero-order valence-corrected chi connectivity index (χ0v) is 36.8. The topological polar surface area (TPSA) is 8.82 Å².